The average Bonchev–Trinajstić information content (AvgIpc) is 2.47. The highest BCUT2D eigenvalue weighted by atomic mass is 35.5. The van der Waals surface area contributed by atoms with Gasteiger partial charge >= 0.3 is 5.97 Å². The fourth-order valence-electron chi connectivity index (χ4n) is 2.45. The molecular weight excluding hydrogens is 302 g/mol. The van der Waals surface area contributed by atoms with Crippen LogP contribution < -0.4 is 5.32 Å². The van der Waals surface area contributed by atoms with Crippen molar-refractivity contribution in [3.05, 3.63) is 0 Å². The van der Waals surface area contributed by atoms with Gasteiger partial charge in [0.05, 0.1) is 6.04 Å². The highest BCUT2D eigenvalue weighted by molar-refractivity contribution is 6.64. The third-order valence-corrected chi connectivity index (χ3v) is 4.11. The van der Waals surface area contributed by atoms with Crippen LogP contribution in [0.1, 0.15) is 84.0 Å². The van der Waals surface area contributed by atoms with Crippen molar-refractivity contribution < 1.29 is 14.7 Å². The van der Waals surface area contributed by atoms with Crippen LogP contribution in [0.5, 0.6) is 0 Å². The van der Waals surface area contributed by atoms with E-state index in [0.717, 1.165) is 19.4 Å². The largest absolute Gasteiger partial charge is 0.481 e. The minimum atomic E-state index is -0.899. The number of unbranched alkanes of at least 4 members (excludes halogenated alkanes) is 9. The fourth-order valence-corrected chi connectivity index (χ4v) is 2.64. The molecule has 2 N–H and O–H groups in total. The Kier molecular flexibility index (Phi) is 14.9. The lowest BCUT2D eigenvalue weighted by atomic mass is 10.1. The summed E-state index contributed by atoms with van der Waals surface area (Å²) in [6.45, 7) is 2.96. The Labute approximate surface area is 140 Å². The summed E-state index contributed by atoms with van der Waals surface area (Å²) in [4.78, 5) is 21.7. The molecule has 0 heterocycles. The van der Waals surface area contributed by atoms with Crippen molar-refractivity contribution in [3.8, 4) is 0 Å². The minimum absolute atomic E-state index is 0.0336. The molecule has 0 rings (SSSR count). The second-order valence-electron chi connectivity index (χ2n) is 5.93. The van der Waals surface area contributed by atoms with E-state index in [1.54, 1.807) is 0 Å². The first-order valence-corrected chi connectivity index (χ1v) is 9.10. The van der Waals surface area contributed by atoms with Crippen molar-refractivity contribution in [1.29, 1.82) is 0 Å². The fraction of sp³-hybridized carbons (Fsp3) is 0.882. The van der Waals surface area contributed by atoms with Gasteiger partial charge in [-0.2, -0.15) is 0 Å². The molecule has 1 unspecified atom stereocenters. The van der Waals surface area contributed by atoms with Crippen molar-refractivity contribution in [2.75, 3.05) is 6.54 Å². The summed E-state index contributed by atoms with van der Waals surface area (Å²) in [5.74, 6) is -0.899. The zero-order valence-electron chi connectivity index (χ0n) is 13.9. The lowest BCUT2D eigenvalue weighted by molar-refractivity contribution is -0.137. The predicted octanol–water partition coefficient (Wildman–Crippen LogP) is 4.50. The van der Waals surface area contributed by atoms with Crippen molar-refractivity contribution in [1.82, 2.24) is 5.32 Å². The second-order valence-corrected chi connectivity index (χ2v) is 6.30. The van der Waals surface area contributed by atoms with Crippen LogP contribution >= 0.6 is 11.6 Å². The number of carboxylic acids is 1. The van der Waals surface area contributed by atoms with Gasteiger partial charge < -0.3 is 10.4 Å². The molecule has 0 bridgehead atoms. The molecule has 0 aromatic carbocycles. The molecule has 0 aliphatic rings. The maximum atomic E-state index is 11.2. The molecule has 22 heavy (non-hydrogen) atoms. The summed E-state index contributed by atoms with van der Waals surface area (Å²) in [5.41, 5.74) is 0. The van der Waals surface area contributed by atoms with Crippen LogP contribution in [-0.2, 0) is 9.59 Å². The summed E-state index contributed by atoms with van der Waals surface area (Å²) >= 11 is 5.47. The Hall–Kier alpha value is -0.610. The maximum Gasteiger partial charge on any atom is 0.303 e. The zero-order valence-corrected chi connectivity index (χ0v) is 14.7. The number of nitrogens with one attached hydrogen (secondary N) is 1. The lowest BCUT2D eigenvalue weighted by Crippen LogP contribution is -2.35. The lowest BCUT2D eigenvalue weighted by Gasteiger charge is -2.13. The van der Waals surface area contributed by atoms with Gasteiger partial charge in [0.25, 0.3) is 0 Å². The highest BCUT2D eigenvalue weighted by Gasteiger charge is 2.16. The summed E-state index contributed by atoms with van der Waals surface area (Å²) in [6, 6.07) is -0.531. The Morgan fingerprint density at radius 3 is 1.91 bits per heavy atom. The van der Waals surface area contributed by atoms with E-state index in [1.807, 2.05) is 0 Å². The number of rotatable bonds is 16. The average molecular weight is 334 g/mol. The molecule has 0 saturated carbocycles. The van der Waals surface area contributed by atoms with Crippen LogP contribution in [0.4, 0.5) is 0 Å². The Bertz CT molecular complexity index is 298. The smallest absolute Gasteiger partial charge is 0.303 e. The molecule has 4 nitrogen and oxygen atoms in total. The Morgan fingerprint density at radius 1 is 0.955 bits per heavy atom. The molecule has 5 heteroatoms. The molecule has 0 aromatic rings. The summed E-state index contributed by atoms with van der Waals surface area (Å²) < 4.78 is 0. The van der Waals surface area contributed by atoms with Gasteiger partial charge in [0, 0.05) is 6.42 Å². The molecular formula is C17H32ClNO3. The van der Waals surface area contributed by atoms with E-state index in [-0.39, 0.29) is 12.8 Å². The van der Waals surface area contributed by atoms with E-state index in [4.69, 9.17) is 16.7 Å². The summed E-state index contributed by atoms with van der Waals surface area (Å²) in [6.07, 6.45) is 12.9. The molecule has 0 fully saturated rings. The molecule has 0 spiro atoms. The van der Waals surface area contributed by atoms with Crippen LogP contribution in [0, 0.1) is 0 Å². The van der Waals surface area contributed by atoms with Gasteiger partial charge in [-0.3, -0.25) is 9.59 Å². The van der Waals surface area contributed by atoms with Crippen molar-refractivity contribution in [3.63, 3.8) is 0 Å². The molecule has 0 saturated heterocycles. The van der Waals surface area contributed by atoms with Crippen molar-refractivity contribution in [2.45, 2.75) is 90.0 Å². The third kappa shape index (κ3) is 14.3. The van der Waals surface area contributed by atoms with Crippen LogP contribution in [0.2, 0.25) is 0 Å². The minimum Gasteiger partial charge on any atom is -0.481 e. The van der Waals surface area contributed by atoms with Crippen LogP contribution in [-0.4, -0.2) is 28.9 Å². The quantitative estimate of drug-likeness (QED) is 0.322. The van der Waals surface area contributed by atoms with Gasteiger partial charge in [0.1, 0.15) is 0 Å². The number of carbonyl (C=O) groups excluding carboxylic acids is 1. The number of hydrogen-bond donors (Lipinski definition) is 2. The Morgan fingerprint density at radius 2 is 1.45 bits per heavy atom. The number of carboxylic acid groups (broad SMARTS) is 1. The van der Waals surface area contributed by atoms with E-state index in [2.05, 4.69) is 12.2 Å². The van der Waals surface area contributed by atoms with E-state index >= 15 is 0 Å². The van der Waals surface area contributed by atoms with Crippen molar-refractivity contribution >= 4 is 22.8 Å². The van der Waals surface area contributed by atoms with Crippen molar-refractivity contribution in [2.24, 2.45) is 0 Å². The van der Waals surface area contributed by atoms with Gasteiger partial charge in [-0.05, 0) is 31.0 Å². The zero-order chi connectivity index (χ0) is 16.6. The standard InChI is InChI=1S/C17H32ClNO3/c1-2-3-4-5-6-7-8-9-10-11-14-19-15(17(18)22)12-13-16(20)21/h15,19H,2-14H2,1H3,(H,20,21). The molecule has 130 valence electrons. The molecule has 0 radical (unpaired) electrons. The van der Waals surface area contributed by atoms with Gasteiger partial charge in [-0.25, -0.2) is 0 Å². The van der Waals surface area contributed by atoms with Gasteiger partial charge in [-0.1, -0.05) is 64.7 Å². The number of halogens is 1. The van der Waals surface area contributed by atoms with E-state index in [1.165, 1.54) is 51.4 Å². The normalized spacial score (nSPS) is 12.3. The molecule has 1 atom stereocenters. The third-order valence-electron chi connectivity index (χ3n) is 3.84. The molecule has 0 aromatic heterocycles. The topological polar surface area (TPSA) is 66.4 Å². The maximum absolute atomic E-state index is 11.2. The second kappa shape index (κ2) is 15.3. The summed E-state index contributed by atoms with van der Waals surface area (Å²) in [7, 11) is 0. The first-order chi connectivity index (χ1) is 10.6. The van der Waals surface area contributed by atoms with Gasteiger partial charge in [0.15, 0.2) is 0 Å². The number of aliphatic carboxylic acids is 1. The first-order valence-electron chi connectivity index (χ1n) is 8.72. The monoisotopic (exact) mass is 333 g/mol. The molecule has 0 amide bonds. The highest BCUT2D eigenvalue weighted by Crippen LogP contribution is 2.10. The van der Waals surface area contributed by atoms with Crippen LogP contribution in [0.25, 0.3) is 0 Å². The SMILES string of the molecule is CCCCCCCCCCCCNC(CCC(=O)O)C(=O)Cl. The first kappa shape index (κ1) is 21.4. The summed E-state index contributed by atoms with van der Waals surface area (Å²) in [5, 5.41) is 11.2. The van der Waals surface area contributed by atoms with E-state index in [0.29, 0.717) is 0 Å². The molecule has 0 aliphatic carbocycles. The number of carbonyl (C=O) groups is 2. The van der Waals surface area contributed by atoms with Crippen LogP contribution in [0.3, 0.4) is 0 Å². The van der Waals surface area contributed by atoms with E-state index < -0.39 is 17.3 Å². The van der Waals surface area contributed by atoms with E-state index in [9.17, 15) is 9.59 Å². The molecule has 0 aliphatic heterocycles. The predicted molar refractivity (Wildman–Crippen MR) is 91.4 cm³/mol. The van der Waals surface area contributed by atoms with Gasteiger partial charge in [-0.15, -0.1) is 0 Å². The van der Waals surface area contributed by atoms with Gasteiger partial charge in [0.2, 0.25) is 5.24 Å². The van der Waals surface area contributed by atoms with Crippen LogP contribution in [0.15, 0.2) is 0 Å². The number of hydrogen-bond acceptors (Lipinski definition) is 3. The Balaban J connectivity index is 3.42.